The minimum absolute atomic E-state index is 0.0656. The third kappa shape index (κ3) is 1.83. The second kappa shape index (κ2) is 3.80. The first-order chi connectivity index (χ1) is 7.13. The number of cyclic esters (lactones) is 1. The van der Waals surface area contributed by atoms with Crippen molar-refractivity contribution in [3.05, 3.63) is 30.3 Å². The fraction of sp³-hybridized carbons (Fsp3) is 0.273. The van der Waals surface area contributed by atoms with Crippen LogP contribution in [0.25, 0.3) is 0 Å². The van der Waals surface area contributed by atoms with Crippen molar-refractivity contribution >= 4 is 31.2 Å². The average Bonchev–Trinajstić information content (AvgIpc) is 2.48. The zero-order chi connectivity index (χ0) is 10.9. The molecule has 0 N–H and O–H groups in total. The summed E-state index contributed by atoms with van der Waals surface area (Å²) in [5.74, 6) is -0.479. The number of esters is 1. The number of carbonyl (C=O) groups excluding carboxylic acids is 2. The molecule has 1 atom stereocenters. The van der Waals surface area contributed by atoms with Gasteiger partial charge in [0, 0.05) is 0 Å². The van der Waals surface area contributed by atoms with Gasteiger partial charge in [-0.2, -0.15) is 0 Å². The molecular formula is C11H10O3Se. The summed E-state index contributed by atoms with van der Waals surface area (Å²) in [5.41, 5.74) is 0. The summed E-state index contributed by atoms with van der Waals surface area (Å²) in [4.78, 5) is 23.1. The average molecular weight is 269 g/mol. The Morgan fingerprint density at radius 3 is 2.47 bits per heavy atom. The van der Waals surface area contributed by atoms with Gasteiger partial charge in [-0.05, 0) is 0 Å². The molecule has 78 valence electrons. The summed E-state index contributed by atoms with van der Waals surface area (Å²) in [6.45, 7) is 1.61. The van der Waals surface area contributed by atoms with Crippen LogP contribution in [0.15, 0.2) is 30.3 Å². The number of ketones is 1. The third-order valence-electron chi connectivity index (χ3n) is 2.32. The fourth-order valence-corrected chi connectivity index (χ4v) is 3.61. The van der Waals surface area contributed by atoms with Gasteiger partial charge in [-0.15, -0.1) is 0 Å². The number of Topliss-reactive ketones (excluding diaryl/α,β-unsaturated/α-hetero) is 1. The molecule has 0 radical (unpaired) electrons. The fourth-order valence-electron chi connectivity index (χ4n) is 1.34. The number of ether oxygens (including phenoxy) is 1. The van der Waals surface area contributed by atoms with Gasteiger partial charge >= 0.3 is 93.7 Å². The molecule has 1 saturated heterocycles. The van der Waals surface area contributed by atoms with E-state index in [-0.39, 0.29) is 33.3 Å². The first-order valence-corrected chi connectivity index (χ1v) is 6.29. The molecular weight excluding hydrogens is 259 g/mol. The van der Waals surface area contributed by atoms with Crippen LogP contribution in [0.5, 0.6) is 0 Å². The van der Waals surface area contributed by atoms with Gasteiger partial charge < -0.3 is 0 Å². The van der Waals surface area contributed by atoms with Crippen LogP contribution in [0.2, 0.25) is 4.31 Å². The van der Waals surface area contributed by atoms with Gasteiger partial charge in [-0.25, -0.2) is 0 Å². The van der Waals surface area contributed by atoms with Crippen LogP contribution in [0.1, 0.15) is 6.92 Å². The molecule has 1 aliphatic heterocycles. The van der Waals surface area contributed by atoms with E-state index in [1.807, 2.05) is 30.3 Å². The number of hydrogen-bond donors (Lipinski definition) is 0. The molecule has 0 aliphatic carbocycles. The molecule has 0 bridgehead atoms. The molecule has 1 aliphatic rings. The van der Waals surface area contributed by atoms with Crippen molar-refractivity contribution in [2.24, 2.45) is 0 Å². The number of carbonyl (C=O) groups is 2. The third-order valence-corrected chi connectivity index (χ3v) is 5.07. The van der Waals surface area contributed by atoms with Crippen molar-refractivity contribution < 1.29 is 14.3 Å². The van der Waals surface area contributed by atoms with Gasteiger partial charge in [-0.3, -0.25) is 0 Å². The van der Waals surface area contributed by atoms with Crippen LogP contribution in [0.4, 0.5) is 0 Å². The Hall–Kier alpha value is -1.12. The molecule has 3 nitrogen and oxygen atoms in total. The van der Waals surface area contributed by atoms with Crippen molar-refractivity contribution in [1.82, 2.24) is 0 Å². The molecule has 0 saturated carbocycles. The molecule has 0 spiro atoms. The molecule has 4 heteroatoms. The molecule has 2 rings (SSSR count). The Morgan fingerprint density at radius 2 is 1.93 bits per heavy atom. The molecule has 0 aromatic heterocycles. The molecule has 0 amide bonds. The summed E-state index contributed by atoms with van der Waals surface area (Å²) in [5, 5.41) is 0. The number of hydrogen-bond acceptors (Lipinski definition) is 3. The zero-order valence-electron chi connectivity index (χ0n) is 8.23. The number of rotatable bonds is 2. The summed E-state index contributed by atoms with van der Waals surface area (Å²) in [7, 11) is 0. The van der Waals surface area contributed by atoms with Crippen molar-refractivity contribution in [3.63, 3.8) is 0 Å². The van der Waals surface area contributed by atoms with E-state index < -0.39 is 4.31 Å². The van der Waals surface area contributed by atoms with Crippen molar-refractivity contribution in [3.8, 4) is 0 Å². The van der Waals surface area contributed by atoms with Gasteiger partial charge in [-0.1, -0.05) is 0 Å². The van der Waals surface area contributed by atoms with E-state index in [4.69, 9.17) is 4.74 Å². The van der Waals surface area contributed by atoms with E-state index in [0.29, 0.717) is 0 Å². The summed E-state index contributed by atoms with van der Waals surface area (Å²) >= 11 is -0.196. The first-order valence-electron chi connectivity index (χ1n) is 4.57. The zero-order valence-corrected chi connectivity index (χ0v) is 9.94. The maximum atomic E-state index is 11.6. The summed E-state index contributed by atoms with van der Waals surface area (Å²) in [6, 6.07) is 9.60. The van der Waals surface area contributed by atoms with Crippen LogP contribution in [0.3, 0.4) is 0 Å². The van der Waals surface area contributed by atoms with E-state index in [0.717, 1.165) is 4.46 Å². The molecule has 1 fully saturated rings. The monoisotopic (exact) mass is 270 g/mol. The predicted octanol–water partition coefficient (Wildman–Crippen LogP) is 0.321. The summed E-state index contributed by atoms with van der Waals surface area (Å²) in [6.07, 6.45) is 0. The quantitative estimate of drug-likeness (QED) is 0.441. The predicted molar refractivity (Wildman–Crippen MR) is 56.2 cm³/mol. The first kappa shape index (κ1) is 10.4. The Kier molecular flexibility index (Phi) is 2.63. The van der Waals surface area contributed by atoms with E-state index in [2.05, 4.69) is 0 Å². The minimum atomic E-state index is -0.922. The van der Waals surface area contributed by atoms with Gasteiger partial charge in [0.15, 0.2) is 0 Å². The maximum absolute atomic E-state index is 11.6. The van der Waals surface area contributed by atoms with E-state index in [1.165, 1.54) is 0 Å². The van der Waals surface area contributed by atoms with Gasteiger partial charge in [0.1, 0.15) is 0 Å². The Balaban J connectivity index is 2.24. The molecule has 1 aromatic rings. The van der Waals surface area contributed by atoms with Gasteiger partial charge in [0.25, 0.3) is 0 Å². The normalized spacial score (nSPS) is 25.4. The van der Waals surface area contributed by atoms with Gasteiger partial charge in [0.2, 0.25) is 0 Å². The van der Waals surface area contributed by atoms with E-state index >= 15 is 0 Å². The van der Waals surface area contributed by atoms with Crippen molar-refractivity contribution in [2.75, 3.05) is 6.61 Å². The Morgan fingerprint density at radius 1 is 1.27 bits per heavy atom. The molecule has 1 heterocycles. The molecule has 1 unspecified atom stereocenters. The Labute approximate surface area is 94.0 Å². The molecule has 15 heavy (non-hydrogen) atoms. The molecule has 1 aromatic carbocycles. The Bertz CT molecular complexity index is 384. The van der Waals surface area contributed by atoms with Crippen LogP contribution in [-0.4, -0.2) is 33.3 Å². The topological polar surface area (TPSA) is 43.4 Å². The summed E-state index contributed by atoms with van der Waals surface area (Å²) < 4.78 is 4.90. The standard InChI is InChI=1S/C11H10O3Se/c1-11(9(12)7-14-10(11)13)15-8-5-3-2-4-6-8/h2-6H,7H2,1H3. The van der Waals surface area contributed by atoms with Crippen LogP contribution in [-0.2, 0) is 14.3 Å². The van der Waals surface area contributed by atoms with Crippen LogP contribution >= 0.6 is 0 Å². The van der Waals surface area contributed by atoms with E-state index in [1.54, 1.807) is 6.92 Å². The SMILES string of the molecule is CC1([Se]c2ccccc2)C(=O)COC1=O. The second-order valence-electron chi connectivity index (χ2n) is 3.45. The van der Waals surface area contributed by atoms with Gasteiger partial charge in [0.05, 0.1) is 0 Å². The van der Waals surface area contributed by atoms with Crippen molar-refractivity contribution in [1.29, 1.82) is 0 Å². The van der Waals surface area contributed by atoms with Crippen molar-refractivity contribution in [2.45, 2.75) is 11.2 Å². The van der Waals surface area contributed by atoms with Crippen LogP contribution in [0, 0.1) is 0 Å². The van der Waals surface area contributed by atoms with Crippen LogP contribution < -0.4 is 4.46 Å². The van der Waals surface area contributed by atoms with E-state index in [9.17, 15) is 9.59 Å². The second-order valence-corrected chi connectivity index (χ2v) is 6.58. The number of benzene rings is 1.